The lowest BCUT2D eigenvalue weighted by Gasteiger charge is -2.32. The summed E-state index contributed by atoms with van der Waals surface area (Å²) in [6.45, 7) is 6.48. The third kappa shape index (κ3) is 5.31. The highest BCUT2D eigenvalue weighted by Gasteiger charge is 2.18. The Bertz CT molecular complexity index is 334. The first kappa shape index (κ1) is 14.5. The van der Waals surface area contributed by atoms with E-state index in [2.05, 4.69) is 40.5 Å². The minimum absolute atomic E-state index is 0.812. The lowest BCUT2D eigenvalue weighted by atomic mass is 9.96. The van der Waals surface area contributed by atoms with Crippen molar-refractivity contribution in [3.63, 3.8) is 0 Å². The summed E-state index contributed by atoms with van der Waals surface area (Å²) in [7, 11) is 1.75. The highest BCUT2D eigenvalue weighted by molar-refractivity contribution is 5.14. The summed E-state index contributed by atoms with van der Waals surface area (Å²) >= 11 is 0. The number of hydrogen-bond donors (Lipinski definition) is 1. The molecular weight excluding hydrogens is 236 g/mol. The zero-order valence-corrected chi connectivity index (χ0v) is 12.0. The van der Waals surface area contributed by atoms with E-state index in [0.29, 0.717) is 0 Å². The smallest absolute Gasteiger partial charge is 0.0587 e. The summed E-state index contributed by atoms with van der Waals surface area (Å²) in [6.07, 6.45) is 2.62. The van der Waals surface area contributed by atoms with Gasteiger partial charge in [0.05, 0.1) is 6.61 Å². The van der Waals surface area contributed by atoms with Gasteiger partial charge in [-0.15, -0.1) is 0 Å². The monoisotopic (exact) mass is 262 g/mol. The summed E-state index contributed by atoms with van der Waals surface area (Å²) in [6, 6.07) is 10.8. The third-order valence-corrected chi connectivity index (χ3v) is 3.87. The molecule has 1 aliphatic heterocycles. The van der Waals surface area contributed by atoms with Crippen LogP contribution < -0.4 is 5.32 Å². The van der Waals surface area contributed by atoms with Crippen molar-refractivity contribution in [2.24, 2.45) is 5.92 Å². The predicted octanol–water partition coefficient (Wildman–Crippen LogP) is 2.13. The van der Waals surface area contributed by atoms with E-state index >= 15 is 0 Å². The molecule has 3 nitrogen and oxygen atoms in total. The van der Waals surface area contributed by atoms with Crippen LogP contribution in [0.25, 0.3) is 0 Å². The molecule has 0 bridgehead atoms. The minimum atomic E-state index is 0.812. The van der Waals surface area contributed by atoms with Gasteiger partial charge in [-0.05, 0) is 44.0 Å². The molecule has 0 atom stereocenters. The quantitative estimate of drug-likeness (QED) is 0.762. The molecule has 3 heteroatoms. The zero-order valence-electron chi connectivity index (χ0n) is 12.0. The molecule has 1 N–H and O–H groups in total. The Morgan fingerprint density at radius 3 is 2.63 bits per heavy atom. The summed E-state index contributed by atoms with van der Waals surface area (Å²) in [4.78, 5) is 2.57. The predicted molar refractivity (Wildman–Crippen MR) is 79.2 cm³/mol. The van der Waals surface area contributed by atoms with Crippen LogP contribution in [0.5, 0.6) is 0 Å². The first-order valence-corrected chi connectivity index (χ1v) is 7.34. The summed E-state index contributed by atoms with van der Waals surface area (Å²) in [5.41, 5.74) is 1.43. The van der Waals surface area contributed by atoms with Crippen molar-refractivity contribution in [1.29, 1.82) is 0 Å². The number of rotatable bonds is 7. The van der Waals surface area contributed by atoms with Gasteiger partial charge < -0.3 is 10.1 Å². The molecule has 1 aromatic rings. The lowest BCUT2D eigenvalue weighted by molar-refractivity contribution is 0.168. The van der Waals surface area contributed by atoms with Crippen molar-refractivity contribution in [3.8, 4) is 0 Å². The molecule has 19 heavy (non-hydrogen) atoms. The average Bonchev–Trinajstić information content (AvgIpc) is 2.46. The maximum Gasteiger partial charge on any atom is 0.0587 e. The number of nitrogens with zero attached hydrogens (tertiary/aromatic N) is 1. The molecule has 1 saturated heterocycles. The molecule has 0 spiro atoms. The van der Waals surface area contributed by atoms with Gasteiger partial charge in [-0.1, -0.05) is 30.3 Å². The van der Waals surface area contributed by atoms with Crippen molar-refractivity contribution < 1.29 is 4.74 Å². The molecule has 0 radical (unpaired) electrons. The van der Waals surface area contributed by atoms with Crippen LogP contribution in [-0.4, -0.2) is 44.8 Å². The number of benzene rings is 1. The van der Waals surface area contributed by atoms with Crippen LogP contribution in [0.1, 0.15) is 18.4 Å². The molecule has 1 aliphatic rings. The van der Waals surface area contributed by atoms with Crippen molar-refractivity contribution in [1.82, 2.24) is 10.2 Å². The Hall–Kier alpha value is -0.900. The number of ether oxygens (including phenoxy) is 1. The van der Waals surface area contributed by atoms with E-state index in [4.69, 9.17) is 4.74 Å². The molecule has 1 aromatic carbocycles. The second-order valence-corrected chi connectivity index (χ2v) is 5.40. The van der Waals surface area contributed by atoms with E-state index in [1.165, 1.54) is 31.5 Å². The summed E-state index contributed by atoms with van der Waals surface area (Å²) < 4.78 is 5.04. The molecule has 2 rings (SSSR count). The molecule has 106 valence electrons. The van der Waals surface area contributed by atoms with Crippen LogP contribution >= 0.6 is 0 Å². The fourth-order valence-electron chi connectivity index (χ4n) is 2.67. The first-order valence-electron chi connectivity index (χ1n) is 7.34. The Balaban J connectivity index is 1.62. The fraction of sp³-hybridized carbons (Fsp3) is 0.625. The van der Waals surface area contributed by atoms with Gasteiger partial charge >= 0.3 is 0 Å². The molecule has 0 aromatic heterocycles. The summed E-state index contributed by atoms with van der Waals surface area (Å²) in [5, 5.41) is 3.48. The highest BCUT2D eigenvalue weighted by Crippen LogP contribution is 2.18. The van der Waals surface area contributed by atoms with Crippen LogP contribution in [0.3, 0.4) is 0 Å². The van der Waals surface area contributed by atoms with Gasteiger partial charge in [-0.3, -0.25) is 4.90 Å². The molecule has 1 heterocycles. The Kier molecular flexibility index (Phi) is 6.34. The lowest BCUT2D eigenvalue weighted by Crippen LogP contribution is -2.37. The van der Waals surface area contributed by atoms with Crippen LogP contribution in [-0.2, 0) is 11.3 Å². The molecule has 0 amide bonds. The largest absolute Gasteiger partial charge is 0.383 e. The van der Waals surface area contributed by atoms with Crippen LogP contribution in [0.2, 0.25) is 0 Å². The van der Waals surface area contributed by atoms with Crippen molar-refractivity contribution in [2.45, 2.75) is 19.4 Å². The number of hydrogen-bond acceptors (Lipinski definition) is 3. The average molecular weight is 262 g/mol. The standard InChI is InChI=1S/C16H26N2O/c1-19-12-9-17-13-15-7-10-18(11-8-15)14-16-5-3-2-4-6-16/h2-6,15,17H,7-14H2,1H3. The number of likely N-dealkylation sites (tertiary alicyclic amines) is 1. The van der Waals surface area contributed by atoms with Gasteiger partial charge in [-0.2, -0.15) is 0 Å². The fourth-order valence-corrected chi connectivity index (χ4v) is 2.67. The van der Waals surface area contributed by atoms with Crippen molar-refractivity contribution >= 4 is 0 Å². The van der Waals surface area contributed by atoms with Gasteiger partial charge in [0.15, 0.2) is 0 Å². The molecular formula is C16H26N2O. The molecule has 0 saturated carbocycles. The van der Waals surface area contributed by atoms with E-state index in [-0.39, 0.29) is 0 Å². The van der Waals surface area contributed by atoms with E-state index in [1.54, 1.807) is 7.11 Å². The van der Waals surface area contributed by atoms with E-state index < -0.39 is 0 Å². The van der Waals surface area contributed by atoms with E-state index in [1.807, 2.05) is 0 Å². The SMILES string of the molecule is COCCNCC1CCN(Cc2ccccc2)CC1. The van der Waals surface area contributed by atoms with Gasteiger partial charge in [-0.25, -0.2) is 0 Å². The van der Waals surface area contributed by atoms with Crippen LogP contribution in [0, 0.1) is 5.92 Å². The van der Waals surface area contributed by atoms with E-state index in [0.717, 1.165) is 32.2 Å². The Morgan fingerprint density at radius 2 is 1.95 bits per heavy atom. The topological polar surface area (TPSA) is 24.5 Å². The third-order valence-electron chi connectivity index (χ3n) is 3.87. The van der Waals surface area contributed by atoms with Gasteiger partial charge in [0.25, 0.3) is 0 Å². The highest BCUT2D eigenvalue weighted by atomic mass is 16.5. The van der Waals surface area contributed by atoms with Gasteiger partial charge in [0.2, 0.25) is 0 Å². The molecule has 0 aliphatic carbocycles. The number of nitrogens with one attached hydrogen (secondary N) is 1. The van der Waals surface area contributed by atoms with Gasteiger partial charge in [0, 0.05) is 20.2 Å². The van der Waals surface area contributed by atoms with E-state index in [9.17, 15) is 0 Å². The van der Waals surface area contributed by atoms with Gasteiger partial charge in [0.1, 0.15) is 0 Å². The molecule has 0 unspecified atom stereocenters. The molecule has 1 fully saturated rings. The Morgan fingerprint density at radius 1 is 1.21 bits per heavy atom. The van der Waals surface area contributed by atoms with Crippen LogP contribution in [0.15, 0.2) is 30.3 Å². The minimum Gasteiger partial charge on any atom is -0.383 e. The number of piperidine rings is 1. The second-order valence-electron chi connectivity index (χ2n) is 5.40. The van der Waals surface area contributed by atoms with Crippen molar-refractivity contribution in [3.05, 3.63) is 35.9 Å². The summed E-state index contributed by atoms with van der Waals surface area (Å²) in [5.74, 6) is 0.837. The first-order chi connectivity index (χ1) is 9.38. The normalized spacial score (nSPS) is 17.7. The maximum absolute atomic E-state index is 5.04. The zero-order chi connectivity index (χ0) is 13.3. The Labute approximate surface area is 116 Å². The maximum atomic E-state index is 5.04. The van der Waals surface area contributed by atoms with Crippen LogP contribution in [0.4, 0.5) is 0 Å². The second kappa shape index (κ2) is 8.31. The van der Waals surface area contributed by atoms with Crippen molar-refractivity contribution in [2.75, 3.05) is 39.9 Å². The number of methoxy groups -OCH3 is 1.